The van der Waals surface area contributed by atoms with Crippen molar-refractivity contribution in [3.8, 4) is 12.1 Å². The highest BCUT2D eigenvalue weighted by atomic mass is 31.2. The molecule has 0 bridgehead atoms. The van der Waals surface area contributed by atoms with Crippen LogP contribution in [0, 0.1) is 28.5 Å². The van der Waals surface area contributed by atoms with Crippen molar-refractivity contribution < 1.29 is 28.2 Å². The van der Waals surface area contributed by atoms with Gasteiger partial charge >= 0.3 is 8.60 Å². The summed E-state index contributed by atoms with van der Waals surface area (Å²) >= 11 is 0. The Morgan fingerprint density at radius 2 is 1.45 bits per heavy atom. The predicted octanol–water partition coefficient (Wildman–Crippen LogP) is 9.64. The van der Waals surface area contributed by atoms with Crippen LogP contribution in [0.3, 0.4) is 0 Å². The van der Waals surface area contributed by atoms with Gasteiger partial charge in [-0.25, -0.2) is 13.9 Å². The Labute approximate surface area is 317 Å². The number of aliphatic hydroxyl groups is 1. The topological polar surface area (TPSA) is 172 Å². The molecule has 3 aromatic rings. The van der Waals surface area contributed by atoms with Crippen molar-refractivity contribution in [3.63, 3.8) is 0 Å². The Bertz CT molecular complexity index is 1500. The van der Waals surface area contributed by atoms with Crippen LogP contribution in [0.2, 0.25) is 0 Å². The standard InChI is InChI=1S/C32H56N5O4P.C8H6FNO/c1-3-4-5-6-7-8-9-10-11-12-13-14-15-16-17-18-19-20-25-40-42(38)41-27-32(26-33,39-2)24-23-29-21-22-30-31(34)35-28-36-37(29)30;9-8-2-6(4-10)1-7(3-8)5-11/h21-22,28,38H,3-20,23-25,27H2,1-2H3,(H2,34,35,36);1-3,11H,5H2. The highest BCUT2D eigenvalue weighted by Crippen LogP contribution is 2.35. The number of benzene rings is 1. The minimum atomic E-state index is -2.06. The van der Waals surface area contributed by atoms with Crippen LogP contribution in [0.15, 0.2) is 36.7 Å². The van der Waals surface area contributed by atoms with Crippen molar-refractivity contribution in [2.45, 2.75) is 148 Å². The predicted molar refractivity (Wildman–Crippen MR) is 208 cm³/mol. The number of aliphatic hydroxyl groups excluding tert-OH is 1. The van der Waals surface area contributed by atoms with Gasteiger partial charge in [0.2, 0.25) is 0 Å². The van der Waals surface area contributed by atoms with Crippen LogP contribution < -0.4 is 5.73 Å². The van der Waals surface area contributed by atoms with Gasteiger partial charge in [0.25, 0.3) is 0 Å². The number of nitrogens with two attached hydrogens (primary N) is 1. The summed E-state index contributed by atoms with van der Waals surface area (Å²) in [6.45, 7) is 2.40. The number of methoxy groups -OCH3 is 1. The number of aryl methyl sites for hydroxylation is 1. The van der Waals surface area contributed by atoms with Gasteiger partial charge in [-0.3, -0.25) is 0 Å². The summed E-state index contributed by atoms with van der Waals surface area (Å²) in [4.78, 5) is 14.2. The molecule has 294 valence electrons. The van der Waals surface area contributed by atoms with Gasteiger partial charge in [-0.2, -0.15) is 15.6 Å². The summed E-state index contributed by atoms with van der Waals surface area (Å²) < 4.78 is 30.7. The zero-order valence-corrected chi connectivity index (χ0v) is 32.9. The molecule has 11 nitrogen and oxygen atoms in total. The molecule has 53 heavy (non-hydrogen) atoms. The fraction of sp³-hybridized carbons (Fsp3) is 0.650. The Hall–Kier alpha value is -3.22. The summed E-state index contributed by atoms with van der Waals surface area (Å²) in [5.41, 5.74) is 6.95. The summed E-state index contributed by atoms with van der Waals surface area (Å²) in [6.07, 6.45) is 26.2. The second-order valence-electron chi connectivity index (χ2n) is 13.6. The van der Waals surface area contributed by atoms with Gasteiger partial charge < -0.3 is 29.5 Å². The van der Waals surface area contributed by atoms with E-state index in [-0.39, 0.29) is 18.8 Å². The molecule has 0 aliphatic rings. The number of rotatable bonds is 28. The third kappa shape index (κ3) is 19.1. The number of ether oxygens (including phenoxy) is 1. The van der Waals surface area contributed by atoms with E-state index in [4.69, 9.17) is 29.9 Å². The third-order valence-electron chi connectivity index (χ3n) is 9.32. The first-order valence-corrected chi connectivity index (χ1v) is 20.5. The number of aromatic nitrogens is 3. The number of nitriles is 2. The Morgan fingerprint density at radius 3 is 1.98 bits per heavy atom. The molecule has 2 heterocycles. The Kier molecular flexibility index (Phi) is 24.5. The van der Waals surface area contributed by atoms with Crippen LogP contribution >= 0.6 is 8.60 Å². The zero-order chi connectivity index (χ0) is 38.6. The molecule has 0 spiro atoms. The SMILES string of the molecule is CCCCCCCCCCCCCCCCCCCCOP(O)OCC(C#N)(CCc1ccc2c(N)ncnn12)OC.N#Cc1cc(F)cc(CO)c1. The van der Waals surface area contributed by atoms with Gasteiger partial charge in [-0.05, 0) is 55.2 Å². The van der Waals surface area contributed by atoms with Gasteiger partial charge in [-0.15, -0.1) is 0 Å². The number of unbranched alkanes of at least 4 members (excludes halogenated alkanes) is 17. The number of anilines is 1. The van der Waals surface area contributed by atoms with Gasteiger partial charge in [0.05, 0.1) is 31.5 Å². The fourth-order valence-electron chi connectivity index (χ4n) is 6.04. The molecule has 1 aromatic carbocycles. The summed E-state index contributed by atoms with van der Waals surface area (Å²) in [6, 6.07) is 11.5. The average Bonchev–Trinajstić information content (AvgIpc) is 3.60. The maximum atomic E-state index is 12.5. The Balaban J connectivity index is 0.000000751. The van der Waals surface area contributed by atoms with Gasteiger partial charge in [0.1, 0.15) is 23.7 Å². The first kappa shape index (κ1) is 45.9. The first-order chi connectivity index (χ1) is 25.8. The fourth-order valence-corrected chi connectivity index (χ4v) is 6.72. The summed E-state index contributed by atoms with van der Waals surface area (Å²) in [5, 5.41) is 31.0. The lowest BCUT2D eigenvalue weighted by Crippen LogP contribution is -2.35. The smallest absolute Gasteiger partial charge is 0.329 e. The van der Waals surface area contributed by atoms with Gasteiger partial charge in [-0.1, -0.05) is 116 Å². The van der Waals surface area contributed by atoms with Crippen LogP contribution in [-0.4, -0.2) is 50.5 Å². The van der Waals surface area contributed by atoms with E-state index in [2.05, 4.69) is 23.1 Å². The molecule has 3 rings (SSSR count). The maximum absolute atomic E-state index is 12.5. The second kappa shape index (κ2) is 28.3. The lowest BCUT2D eigenvalue weighted by molar-refractivity contribution is -0.0108. The number of fused-ring (bicyclic) bond motifs is 1. The monoisotopic (exact) mass is 756 g/mol. The maximum Gasteiger partial charge on any atom is 0.329 e. The highest BCUT2D eigenvalue weighted by molar-refractivity contribution is 7.40. The van der Waals surface area contributed by atoms with Crippen molar-refractivity contribution in [2.24, 2.45) is 0 Å². The van der Waals surface area contributed by atoms with Crippen molar-refractivity contribution in [1.82, 2.24) is 14.6 Å². The molecule has 0 fully saturated rings. The molecule has 0 radical (unpaired) electrons. The van der Waals surface area contributed by atoms with Crippen LogP contribution in [0.4, 0.5) is 10.2 Å². The molecular weight excluding hydrogens is 694 g/mol. The zero-order valence-electron chi connectivity index (χ0n) is 32.0. The van der Waals surface area contributed by atoms with E-state index >= 15 is 0 Å². The lowest BCUT2D eigenvalue weighted by atomic mass is 9.99. The van der Waals surface area contributed by atoms with Crippen LogP contribution in [0.1, 0.15) is 146 Å². The number of hydrogen-bond donors (Lipinski definition) is 3. The van der Waals surface area contributed by atoms with Crippen molar-refractivity contribution >= 4 is 19.9 Å². The molecule has 4 N–H and O–H groups in total. The largest absolute Gasteiger partial charge is 0.392 e. The van der Waals surface area contributed by atoms with E-state index in [1.165, 1.54) is 128 Å². The van der Waals surface area contributed by atoms with Crippen molar-refractivity contribution in [1.29, 1.82) is 10.5 Å². The minimum Gasteiger partial charge on any atom is -0.392 e. The molecule has 0 amide bonds. The molecule has 2 unspecified atom stereocenters. The molecular formula is C40H62FN6O5P. The van der Waals surface area contributed by atoms with Crippen LogP contribution in [0.5, 0.6) is 0 Å². The quantitative estimate of drug-likeness (QED) is 0.0478. The normalized spacial score (nSPS) is 12.8. The summed E-state index contributed by atoms with van der Waals surface area (Å²) in [5.74, 6) is -0.0937. The van der Waals surface area contributed by atoms with Crippen LogP contribution in [0.25, 0.3) is 5.52 Å². The Morgan fingerprint density at radius 1 is 0.868 bits per heavy atom. The molecule has 13 heteroatoms. The van der Waals surface area contributed by atoms with Gasteiger partial charge in [0.15, 0.2) is 11.4 Å². The molecule has 2 atom stereocenters. The molecule has 2 aromatic heterocycles. The van der Waals surface area contributed by atoms with E-state index < -0.39 is 20.0 Å². The van der Waals surface area contributed by atoms with Gasteiger partial charge in [0, 0.05) is 12.8 Å². The highest BCUT2D eigenvalue weighted by Gasteiger charge is 2.32. The summed E-state index contributed by atoms with van der Waals surface area (Å²) in [7, 11) is -0.590. The first-order valence-electron chi connectivity index (χ1n) is 19.4. The lowest BCUT2D eigenvalue weighted by Gasteiger charge is -2.25. The third-order valence-corrected chi connectivity index (χ3v) is 10.1. The van der Waals surface area contributed by atoms with E-state index in [0.717, 1.165) is 30.1 Å². The molecule has 0 aliphatic carbocycles. The van der Waals surface area contributed by atoms with E-state index in [0.29, 0.717) is 30.8 Å². The molecule has 0 saturated carbocycles. The number of hydrogen-bond acceptors (Lipinski definition) is 10. The minimum absolute atomic E-state index is 0.0816. The van der Waals surface area contributed by atoms with Crippen LogP contribution in [-0.2, 0) is 26.8 Å². The van der Waals surface area contributed by atoms with Crippen molar-refractivity contribution in [2.75, 3.05) is 26.1 Å². The molecule has 0 saturated heterocycles. The van der Waals surface area contributed by atoms with E-state index in [1.807, 2.05) is 12.1 Å². The molecule has 0 aliphatic heterocycles. The van der Waals surface area contributed by atoms with E-state index in [9.17, 15) is 14.5 Å². The second-order valence-corrected chi connectivity index (χ2v) is 14.5. The number of nitrogen functional groups attached to an aromatic ring is 1. The number of nitrogens with zero attached hydrogens (tertiary/aromatic N) is 5. The van der Waals surface area contributed by atoms with E-state index in [1.54, 1.807) is 10.6 Å². The average molecular weight is 757 g/mol. The number of halogens is 1. The van der Waals surface area contributed by atoms with Crippen molar-refractivity contribution in [3.05, 3.63) is 59.3 Å².